The van der Waals surface area contributed by atoms with Crippen LogP contribution in [0.5, 0.6) is 0 Å². The zero-order valence-electron chi connectivity index (χ0n) is 9.89. The van der Waals surface area contributed by atoms with Gasteiger partial charge in [0.05, 0.1) is 6.04 Å². The van der Waals surface area contributed by atoms with E-state index in [1.165, 1.54) is 0 Å². The van der Waals surface area contributed by atoms with Crippen molar-refractivity contribution in [3.8, 4) is 0 Å². The predicted octanol–water partition coefficient (Wildman–Crippen LogP) is 2.91. The maximum atomic E-state index is 13.2. The lowest BCUT2D eigenvalue weighted by molar-refractivity contribution is 0.0385. The maximum Gasteiger partial charge on any atom is 0.407 e. The molecule has 6 heteroatoms. The number of carbonyl (C=O) groups excluding carboxylic acids is 1. The van der Waals surface area contributed by atoms with Crippen LogP contribution in [0, 0.1) is 22.9 Å². The lowest BCUT2D eigenvalue weighted by Gasteiger charge is -2.38. The Bertz CT molecular complexity index is 479. The van der Waals surface area contributed by atoms with Crippen LogP contribution >= 0.6 is 0 Å². The molecule has 1 fully saturated rings. The van der Waals surface area contributed by atoms with Crippen LogP contribution in [-0.2, 0) is 4.74 Å². The average molecular weight is 259 g/mol. The fraction of sp³-hybridized carbons (Fsp3) is 0.417. The average Bonchev–Trinajstić information content (AvgIpc) is 2.28. The zero-order valence-corrected chi connectivity index (χ0v) is 9.89. The van der Waals surface area contributed by atoms with Crippen molar-refractivity contribution in [3.05, 3.63) is 35.1 Å². The summed E-state index contributed by atoms with van der Waals surface area (Å²) in [5.41, 5.74) is -0.377. The second-order valence-electron chi connectivity index (χ2n) is 4.94. The number of benzene rings is 1. The van der Waals surface area contributed by atoms with Crippen LogP contribution in [0.2, 0.25) is 0 Å². The highest BCUT2D eigenvalue weighted by Gasteiger charge is 2.38. The van der Waals surface area contributed by atoms with Crippen molar-refractivity contribution in [2.24, 2.45) is 5.41 Å². The highest BCUT2D eigenvalue weighted by Crippen LogP contribution is 2.37. The number of hydrogen-bond acceptors (Lipinski definition) is 2. The van der Waals surface area contributed by atoms with Crippen molar-refractivity contribution < 1.29 is 22.7 Å². The molecule has 2 rings (SSSR count). The van der Waals surface area contributed by atoms with E-state index >= 15 is 0 Å². The van der Waals surface area contributed by atoms with Gasteiger partial charge in [0.2, 0.25) is 0 Å². The third-order valence-corrected chi connectivity index (χ3v) is 2.96. The van der Waals surface area contributed by atoms with Crippen LogP contribution in [-0.4, -0.2) is 12.7 Å². The molecule has 0 bridgehead atoms. The third-order valence-electron chi connectivity index (χ3n) is 2.96. The number of rotatable bonds is 1. The third kappa shape index (κ3) is 2.14. The highest BCUT2D eigenvalue weighted by molar-refractivity contribution is 5.69. The Morgan fingerprint density at radius 1 is 1.28 bits per heavy atom. The van der Waals surface area contributed by atoms with Crippen LogP contribution in [0.1, 0.15) is 25.5 Å². The normalized spacial score (nSPS) is 22.3. The lowest BCUT2D eigenvalue weighted by atomic mass is 9.80. The smallest absolute Gasteiger partial charge is 0.407 e. The van der Waals surface area contributed by atoms with Gasteiger partial charge in [0, 0.05) is 5.41 Å². The molecule has 3 nitrogen and oxygen atoms in total. The molecule has 18 heavy (non-hydrogen) atoms. The molecule has 98 valence electrons. The van der Waals surface area contributed by atoms with Gasteiger partial charge < -0.3 is 10.1 Å². The van der Waals surface area contributed by atoms with Gasteiger partial charge in [-0.2, -0.15) is 0 Å². The molecular formula is C12H12F3NO2. The second-order valence-corrected chi connectivity index (χ2v) is 4.94. The molecule has 0 aliphatic carbocycles. The first kappa shape index (κ1) is 12.7. The van der Waals surface area contributed by atoms with Gasteiger partial charge in [0.15, 0.2) is 17.5 Å². The highest BCUT2D eigenvalue weighted by atomic mass is 19.2. The number of hydrogen-bond donors (Lipinski definition) is 1. The van der Waals surface area contributed by atoms with E-state index in [1.807, 2.05) is 0 Å². The van der Waals surface area contributed by atoms with Crippen LogP contribution in [0.15, 0.2) is 12.1 Å². The van der Waals surface area contributed by atoms with Crippen molar-refractivity contribution >= 4 is 6.09 Å². The molecule has 1 aromatic carbocycles. The number of ether oxygens (including phenoxy) is 1. The first-order chi connectivity index (χ1) is 8.31. The first-order valence-electron chi connectivity index (χ1n) is 5.39. The molecule has 1 N–H and O–H groups in total. The lowest BCUT2D eigenvalue weighted by Crippen LogP contribution is -2.47. The van der Waals surface area contributed by atoms with Crippen molar-refractivity contribution in [1.29, 1.82) is 0 Å². The summed E-state index contributed by atoms with van der Waals surface area (Å²) in [5, 5.41) is 2.48. The van der Waals surface area contributed by atoms with Crippen molar-refractivity contribution in [1.82, 2.24) is 5.32 Å². The summed E-state index contributed by atoms with van der Waals surface area (Å²) in [6, 6.07) is 1.13. The summed E-state index contributed by atoms with van der Waals surface area (Å²) in [6.07, 6.45) is -0.663. The quantitative estimate of drug-likeness (QED) is 0.787. The molecule has 0 saturated carbocycles. The monoisotopic (exact) mass is 259 g/mol. The SMILES string of the molecule is CC1(C)COC(=O)N[C@H]1c1cc(F)c(F)c(F)c1. The van der Waals surface area contributed by atoms with Crippen LogP contribution < -0.4 is 5.32 Å². The summed E-state index contributed by atoms with van der Waals surface area (Å²) in [7, 11) is 0. The minimum atomic E-state index is -1.52. The van der Waals surface area contributed by atoms with Gasteiger partial charge >= 0.3 is 6.09 Å². The number of carbonyl (C=O) groups is 1. The van der Waals surface area contributed by atoms with Gasteiger partial charge in [-0.15, -0.1) is 0 Å². The Labute approximate surface area is 102 Å². The van der Waals surface area contributed by atoms with E-state index in [-0.39, 0.29) is 12.2 Å². The number of amides is 1. The van der Waals surface area contributed by atoms with Gasteiger partial charge in [-0.3, -0.25) is 0 Å². The van der Waals surface area contributed by atoms with E-state index in [4.69, 9.17) is 4.74 Å². The van der Waals surface area contributed by atoms with Gasteiger partial charge in [-0.1, -0.05) is 13.8 Å². The van der Waals surface area contributed by atoms with Crippen molar-refractivity contribution in [2.45, 2.75) is 19.9 Å². The molecule has 1 atom stereocenters. The van der Waals surface area contributed by atoms with Gasteiger partial charge in [0.25, 0.3) is 0 Å². The molecule has 1 aliphatic rings. The summed E-state index contributed by atoms with van der Waals surface area (Å²) in [4.78, 5) is 11.2. The van der Waals surface area contributed by atoms with Gasteiger partial charge in [-0.25, -0.2) is 18.0 Å². The molecule has 0 spiro atoms. The molecule has 1 aromatic rings. The summed E-state index contributed by atoms with van der Waals surface area (Å²) >= 11 is 0. The van der Waals surface area contributed by atoms with E-state index in [2.05, 4.69) is 5.32 Å². The van der Waals surface area contributed by atoms with E-state index in [1.54, 1.807) is 13.8 Å². The van der Waals surface area contributed by atoms with Crippen molar-refractivity contribution in [2.75, 3.05) is 6.61 Å². The number of alkyl carbamates (subject to hydrolysis) is 1. The fourth-order valence-electron chi connectivity index (χ4n) is 1.97. The molecule has 0 unspecified atom stereocenters. The van der Waals surface area contributed by atoms with Crippen LogP contribution in [0.25, 0.3) is 0 Å². The fourth-order valence-corrected chi connectivity index (χ4v) is 1.97. The molecule has 1 heterocycles. The summed E-state index contributed by atoms with van der Waals surface area (Å²) < 4.78 is 44.1. The summed E-state index contributed by atoms with van der Waals surface area (Å²) in [6.45, 7) is 3.66. The molecule has 0 radical (unpaired) electrons. The molecule has 1 aliphatic heterocycles. The number of halogens is 3. The predicted molar refractivity (Wildman–Crippen MR) is 57.3 cm³/mol. The Kier molecular flexibility index (Phi) is 2.96. The Morgan fingerprint density at radius 2 is 1.83 bits per heavy atom. The van der Waals surface area contributed by atoms with Crippen LogP contribution in [0.4, 0.5) is 18.0 Å². The second kappa shape index (κ2) is 4.19. The summed E-state index contributed by atoms with van der Waals surface area (Å²) in [5.74, 6) is -4.07. The minimum absolute atomic E-state index is 0.115. The number of nitrogens with one attached hydrogen (secondary N) is 1. The van der Waals surface area contributed by atoms with E-state index in [0.29, 0.717) is 0 Å². The Hall–Kier alpha value is -1.72. The topological polar surface area (TPSA) is 38.3 Å². The minimum Gasteiger partial charge on any atom is -0.449 e. The van der Waals surface area contributed by atoms with E-state index in [9.17, 15) is 18.0 Å². The van der Waals surface area contributed by atoms with Crippen molar-refractivity contribution in [3.63, 3.8) is 0 Å². The Balaban J connectivity index is 2.43. The Morgan fingerprint density at radius 3 is 2.39 bits per heavy atom. The molecule has 1 amide bonds. The molecule has 1 saturated heterocycles. The maximum absolute atomic E-state index is 13.2. The largest absolute Gasteiger partial charge is 0.449 e. The van der Waals surface area contributed by atoms with E-state index in [0.717, 1.165) is 12.1 Å². The standard InChI is InChI=1S/C12H12F3NO2/c1-12(2)5-18-11(17)16-10(12)6-3-7(13)9(15)8(14)4-6/h3-4,10H,5H2,1-2H3,(H,16,17)/t10-/m0/s1. The zero-order chi connectivity index (χ0) is 13.5. The van der Waals surface area contributed by atoms with Crippen LogP contribution in [0.3, 0.4) is 0 Å². The first-order valence-corrected chi connectivity index (χ1v) is 5.39. The number of cyclic esters (lactones) is 1. The van der Waals surface area contributed by atoms with Gasteiger partial charge in [-0.05, 0) is 17.7 Å². The molecular weight excluding hydrogens is 247 g/mol. The van der Waals surface area contributed by atoms with Gasteiger partial charge in [0.1, 0.15) is 6.61 Å². The molecule has 0 aromatic heterocycles. The van der Waals surface area contributed by atoms with E-state index < -0.39 is 35.0 Å².